The van der Waals surface area contributed by atoms with Gasteiger partial charge in [0, 0.05) is 41.0 Å². The Balaban J connectivity index is 1.80. The molecule has 0 bridgehead atoms. The van der Waals surface area contributed by atoms with Gasteiger partial charge in [-0.2, -0.15) is 0 Å². The Kier molecular flexibility index (Phi) is 4.98. The van der Waals surface area contributed by atoms with E-state index in [0.29, 0.717) is 17.0 Å². The molecule has 4 aromatic rings. The molecule has 1 aliphatic heterocycles. The maximum absolute atomic E-state index is 13.3. The summed E-state index contributed by atoms with van der Waals surface area (Å²) in [5, 5.41) is 12.2. The number of amides is 1. The molecule has 1 N–H and O–H groups in total. The van der Waals surface area contributed by atoms with Crippen LogP contribution in [0.3, 0.4) is 0 Å². The van der Waals surface area contributed by atoms with Gasteiger partial charge in [-0.25, -0.2) is 0 Å². The van der Waals surface area contributed by atoms with Crippen LogP contribution in [0.15, 0.2) is 90.6 Å². The lowest BCUT2D eigenvalue weighted by Crippen LogP contribution is -2.29. The monoisotopic (exact) mass is 438 g/mol. The van der Waals surface area contributed by atoms with E-state index in [1.807, 2.05) is 60.3 Å². The van der Waals surface area contributed by atoms with Gasteiger partial charge in [-0.3, -0.25) is 14.5 Å². The number of ketones is 1. The Hall–Kier alpha value is -4.32. The molecule has 6 nitrogen and oxygen atoms in total. The zero-order valence-corrected chi connectivity index (χ0v) is 18.2. The molecule has 1 fully saturated rings. The highest BCUT2D eigenvalue weighted by Gasteiger charge is 2.47. The number of benzene rings is 3. The molecule has 3 aromatic carbocycles. The third kappa shape index (κ3) is 3.27. The lowest BCUT2D eigenvalue weighted by atomic mass is 9.94. The minimum Gasteiger partial charge on any atom is -0.507 e. The number of ether oxygens (including phenoxy) is 1. The third-order valence-corrected chi connectivity index (χ3v) is 6.04. The summed E-state index contributed by atoms with van der Waals surface area (Å²) in [5.41, 5.74) is 2.77. The van der Waals surface area contributed by atoms with Crippen LogP contribution < -0.4 is 9.64 Å². The largest absolute Gasteiger partial charge is 0.507 e. The Bertz CT molecular complexity index is 1420. The Morgan fingerprint density at radius 2 is 1.67 bits per heavy atom. The number of para-hydroxylation sites is 2. The molecule has 0 radical (unpaired) electrons. The second-order valence-electron chi connectivity index (χ2n) is 7.95. The van der Waals surface area contributed by atoms with Crippen LogP contribution in [0.25, 0.3) is 16.7 Å². The van der Waals surface area contributed by atoms with Crippen molar-refractivity contribution in [1.29, 1.82) is 0 Å². The third-order valence-electron chi connectivity index (χ3n) is 6.04. The highest BCUT2D eigenvalue weighted by molar-refractivity contribution is 6.51. The first-order valence-corrected chi connectivity index (χ1v) is 10.6. The fraction of sp³-hybridized carbons (Fsp3) is 0.111. The summed E-state index contributed by atoms with van der Waals surface area (Å²) < 4.78 is 7.24. The zero-order valence-electron chi connectivity index (χ0n) is 18.2. The van der Waals surface area contributed by atoms with E-state index < -0.39 is 17.7 Å². The molecule has 1 amide bonds. The van der Waals surface area contributed by atoms with Gasteiger partial charge in [0.15, 0.2) is 0 Å². The molecule has 1 unspecified atom stereocenters. The van der Waals surface area contributed by atoms with Crippen LogP contribution in [-0.2, 0) is 16.6 Å². The second-order valence-corrected chi connectivity index (χ2v) is 7.95. The van der Waals surface area contributed by atoms with Crippen molar-refractivity contribution in [2.24, 2.45) is 7.05 Å². The van der Waals surface area contributed by atoms with Crippen LogP contribution >= 0.6 is 0 Å². The molecule has 1 atom stereocenters. The van der Waals surface area contributed by atoms with Crippen molar-refractivity contribution < 1.29 is 19.4 Å². The quantitative estimate of drug-likeness (QED) is 0.282. The number of methoxy groups -OCH3 is 1. The number of hydrogen-bond acceptors (Lipinski definition) is 4. The number of rotatable bonds is 4. The number of carbonyl (C=O) groups excluding carboxylic acids is 2. The summed E-state index contributed by atoms with van der Waals surface area (Å²) in [7, 11) is 3.45. The Morgan fingerprint density at radius 3 is 2.42 bits per heavy atom. The van der Waals surface area contributed by atoms with Gasteiger partial charge in [0.25, 0.3) is 11.7 Å². The number of Topliss-reactive ketones (excluding diaryl/α,β-unsaturated/α-hetero) is 1. The highest BCUT2D eigenvalue weighted by atomic mass is 16.5. The summed E-state index contributed by atoms with van der Waals surface area (Å²) >= 11 is 0. The van der Waals surface area contributed by atoms with E-state index in [0.717, 1.165) is 16.5 Å². The molecule has 6 heteroatoms. The number of carbonyl (C=O) groups is 2. The predicted octanol–water partition coefficient (Wildman–Crippen LogP) is 4.81. The molecule has 0 spiro atoms. The molecule has 0 aliphatic carbocycles. The topological polar surface area (TPSA) is 71.8 Å². The van der Waals surface area contributed by atoms with Crippen molar-refractivity contribution in [1.82, 2.24) is 4.57 Å². The Morgan fingerprint density at radius 1 is 0.939 bits per heavy atom. The molecule has 33 heavy (non-hydrogen) atoms. The van der Waals surface area contributed by atoms with Gasteiger partial charge in [0.2, 0.25) is 0 Å². The molecule has 164 valence electrons. The second kappa shape index (κ2) is 7.98. The summed E-state index contributed by atoms with van der Waals surface area (Å²) in [6.45, 7) is 0. The van der Waals surface area contributed by atoms with Gasteiger partial charge in [-0.1, -0.05) is 48.5 Å². The molecule has 2 heterocycles. The van der Waals surface area contributed by atoms with Gasteiger partial charge in [-0.15, -0.1) is 0 Å². The first kappa shape index (κ1) is 20.6. The molecule has 1 saturated heterocycles. The SMILES string of the molecule is COc1cccc(/C(O)=C2\C(=O)C(=O)N(c3ccccc3)C2c2cn(C)c3ccccc23)c1. The van der Waals surface area contributed by atoms with Gasteiger partial charge < -0.3 is 14.4 Å². The van der Waals surface area contributed by atoms with Crippen molar-refractivity contribution in [3.05, 3.63) is 102 Å². The predicted molar refractivity (Wildman–Crippen MR) is 127 cm³/mol. The van der Waals surface area contributed by atoms with E-state index in [4.69, 9.17) is 4.74 Å². The van der Waals surface area contributed by atoms with Gasteiger partial charge >= 0.3 is 0 Å². The maximum atomic E-state index is 13.3. The molecular formula is C27H22N2O4. The van der Waals surface area contributed by atoms with Crippen molar-refractivity contribution >= 4 is 34.0 Å². The van der Waals surface area contributed by atoms with Crippen LogP contribution in [0.5, 0.6) is 5.75 Å². The fourth-order valence-electron chi connectivity index (χ4n) is 4.50. The first-order chi connectivity index (χ1) is 16.0. The number of aryl methyl sites for hydroxylation is 1. The molecule has 1 aliphatic rings. The number of aliphatic hydroxyl groups is 1. The van der Waals surface area contributed by atoms with Crippen LogP contribution in [0.1, 0.15) is 17.2 Å². The van der Waals surface area contributed by atoms with E-state index in [-0.39, 0.29) is 11.3 Å². The standard InChI is InChI=1S/C27H22N2O4/c1-28-16-21(20-13-6-7-14-22(20)28)24-23(25(30)17-9-8-12-19(15-17)33-2)26(31)27(32)29(24)18-10-4-3-5-11-18/h3-16,24,30H,1-2H3/b25-23+. The van der Waals surface area contributed by atoms with Crippen molar-refractivity contribution in [3.8, 4) is 5.75 Å². The summed E-state index contributed by atoms with van der Waals surface area (Å²) in [5.74, 6) is -1.10. The maximum Gasteiger partial charge on any atom is 0.300 e. The van der Waals surface area contributed by atoms with Gasteiger partial charge in [0.1, 0.15) is 11.5 Å². The number of anilines is 1. The van der Waals surface area contributed by atoms with E-state index in [2.05, 4.69) is 0 Å². The lowest BCUT2D eigenvalue weighted by Gasteiger charge is -2.25. The average Bonchev–Trinajstić information content (AvgIpc) is 3.32. The van der Waals surface area contributed by atoms with Gasteiger partial charge in [-0.05, 0) is 30.3 Å². The normalized spacial score (nSPS) is 17.6. The van der Waals surface area contributed by atoms with Crippen molar-refractivity contribution in [3.63, 3.8) is 0 Å². The molecule has 5 rings (SSSR count). The summed E-state index contributed by atoms with van der Waals surface area (Å²) in [4.78, 5) is 28.1. The number of nitrogens with zero attached hydrogens (tertiary/aromatic N) is 2. The summed E-state index contributed by atoms with van der Waals surface area (Å²) in [6.07, 6.45) is 1.91. The van der Waals surface area contributed by atoms with Crippen LogP contribution in [0, 0.1) is 0 Å². The molecular weight excluding hydrogens is 416 g/mol. The smallest absolute Gasteiger partial charge is 0.300 e. The van der Waals surface area contributed by atoms with Crippen molar-refractivity contribution in [2.45, 2.75) is 6.04 Å². The van der Waals surface area contributed by atoms with Gasteiger partial charge in [0.05, 0.1) is 18.7 Å². The Labute approximate surface area is 190 Å². The fourth-order valence-corrected chi connectivity index (χ4v) is 4.50. The average molecular weight is 438 g/mol. The highest BCUT2D eigenvalue weighted by Crippen LogP contribution is 2.44. The van der Waals surface area contributed by atoms with E-state index in [1.165, 1.54) is 12.0 Å². The molecule has 1 aromatic heterocycles. The van der Waals surface area contributed by atoms with Crippen LogP contribution in [-0.4, -0.2) is 28.5 Å². The molecule has 0 saturated carbocycles. The number of hydrogen-bond donors (Lipinski definition) is 1. The minimum atomic E-state index is -0.787. The lowest BCUT2D eigenvalue weighted by molar-refractivity contribution is -0.132. The van der Waals surface area contributed by atoms with E-state index in [1.54, 1.807) is 36.4 Å². The van der Waals surface area contributed by atoms with Crippen LogP contribution in [0.2, 0.25) is 0 Å². The number of aromatic nitrogens is 1. The zero-order chi connectivity index (χ0) is 23.1. The minimum absolute atomic E-state index is 0.0495. The number of fused-ring (bicyclic) bond motifs is 1. The number of aliphatic hydroxyl groups excluding tert-OH is 1. The van der Waals surface area contributed by atoms with E-state index >= 15 is 0 Å². The van der Waals surface area contributed by atoms with Crippen LogP contribution in [0.4, 0.5) is 5.69 Å². The van der Waals surface area contributed by atoms with E-state index in [9.17, 15) is 14.7 Å². The summed E-state index contributed by atoms with van der Waals surface area (Å²) in [6, 6.07) is 22.9. The van der Waals surface area contributed by atoms with Crippen molar-refractivity contribution in [2.75, 3.05) is 12.0 Å². The first-order valence-electron chi connectivity index (χ1n) is 10.6.